The van der Waals surface area contributed by atoms with Crippen LogP contribution in [-0.4, -0.2) is 23.2 Å². The van der Waals surface area contributed by atoms with Crippen molar-refractivity contribution >= 4 is 17.9 Å². The standard InChI is InChI=1S/C12H23NO2S/c1-11(2,3)12(15-10(13)14)7-5-9(16-4)6-8-12/h9H,5-8H2,1-4H3,(H2,13,14)/t9-,12-. The van der Waals surface area contributed by atoms with Crippen molar-refractivity contribution in [1.29, 1.82) is 0 Å². The van der Waals surface area contributed by atoms with Crippen molar-refractivity contribution < 1.29 is 9.53 Å². The maximum absolute atomic E-state index is 11.1. The molecule has 1 aliphatic rings. The van der Waals surface area contributed by atoms with Crippen molar-refractivity contribution in [2.24, 2.45) is 11.1 Å². The van der Waals surface area contributed by atoms with E-state index < -0.39 is 6.09 Å². The Morgan fingerprint density at radius 3 is 2.19 bits per heavy atom. The molecule has 16 heavy (non-hydrogen) atoms. The van der Waals surface area contributed by atoms with E-state index in [9.17, 15) is 4.79 Å². The topological polar surface area (TPSA) is 52.3 Å². The van der Waals surface area contributed by atoms with Gasteiger partial charge in [0.1, 0.15) is 5.60 Å². The van der Waals surface area contributed by atoms with E-state index in [0.29, 0.717) is 5.25 Å². The Balaban J connectivity index is 2.79. The number of rotatable bonds is 2. The molecule has 0 radical (unpaired) electrons. The number of nitrogens with two attached hydrogens (primary N) is 1. The Bertz CT molecular complexity index is 252. The third-order valence-electron chi connectivity index (χ3n) is 3.74. The molecule has 1 aliphatic carbocycles. The molecule has 0 bridgehead atoms. The van der Waals surface area contributed by atoms with E-state index in [0.717, 1.165) is 25.7 Å². The van der Waals surface area contributed by atoms with Crippen molar-refractivity contribution in [2.75, 3.05) is 6.26 Å². The molecule has 1 saturated carbocycles. The quantitative estimate of drug-likeness (QED) is 0.813. The van der Waals surface area contributed by atoms with Gasteiger partial charge in [-0.2, -0.15) is 11.8 Å². The van der Waals surface area contributed by atoms with Crippen LogP contribution in [0.1, 0.15) is 46.5 Å². The average Bonchev–Trinajstić information content (AvgIpc) is 2.16. The first kappa shape index (κ1) is 13.7. The van der Waals surface area contributed by atoms with Crippen LogP contribution in [0.2, 0.25) is 0 Å². The first-order valence-electron chi connectivity index (χ1n) is 5.82. The van der Waals surface area contributed by atoms with Crippen LogP contribution in [0, 0.1) is 5.41 Å². The van der Waals surface area contributed by atoms with Crippen molar-refractivity contribution in [1.82, 2.24) is 0 Å². The third kappa shape index (κ3) is 2.84. The summed E-state index contributed by atoms with van der Waals surface area (Å²) < 4.78 is 5.47. The number of carbonyl (C=O) groups is 1. The lowest BCUT2D eigenvalue weighted by molar-refractivity contribution is -0.0880. The molecular weight excluding hydrogens is 222 g/mol. The number of ether oxygens (including phenoxy) is 1. The normalized spacial score (nSPS) is 31.1. The molecule has 94 valence electrons. The van der Waals surface area contributed by atoms with Crippen LogP contribution in [0.3, 0.4) is 0 Å². The van der Waals surface area contributed by atoms with Gasteiger partial charge in [0.25, 0.3) is 0 Å². The monoisotopic (exact) mass is 245 g/mol. The van der Waals surface area contributed by atoms with Gasteiger partial charge in [-0.15, -0.1) is 0 Å². The Morgan fingerprint density at radius 2 is 1.88 bits per heavy atom. The van der Waals surface area contributed by atoms with Crippen LogP contribution in [0.25, 0.3) is 0 Å². The number of hydrogen-bond donors (Lipinski definition) is 1. The highest BCUT2D eigenvalue weighted by molar-refractivity contribution is 7.99. The Labute approximate surface area is 102 Å². The second kappa shape index (κ2) is 4.86. The highest BCUT2D eigenvalue weighted by Gasteiger charge is 2.47. The van der Waals surface area contributed by atoms with Gasteiger partial charge < -0.3 is 10.5 Å². The van der Waals surface area contributed by atoms with E-state index in [2.05, 4.69) is 27.0 Å². The highest BCUT2D eigenvalue weighted by atomic mass is 32.2. The zero-order chi connectivity index (χ0) is 12.4. The number of amides is 1. The average molecular weight is 245 g/mol. The summed E-state index contributed by atoms with van der Waals surface area (Å²) in [7, 11) is 0. The zero-order valence-corrected chi connectivity index (χ0v) is 11.5. The summed E-state index contributed by atoms with van der Waals surface area (Å²) in [5.41, 5.74) is 4.79. The second-order valence-electron chi connectivity index (χ2n) is 5.60. The van der Waals surface area contributed by atoms with Gasteiger partial charge in [-0.05, 0) is 31.9 Å². The SMILES string of the molecule is CS[C@H]1CC[C@@](OC(N)=O)(C(C)(C)C)CC1. The van der Waals surface area contributed by atoms with Crippen molar-refractivity contribution in [3.63, 3.8) is 0 Å². The molecular formula is C12H23NO2S. The van der Waals surface area contributed by atoms with Gasteiger partial charge in [0.05, 0.1) is 0 Å². The van der Waals surface area contributed by atoms with Gasteiger partial charge in [0.15, 0.2) is 0 Å². The Hall–Kier alpha value is -0.380. The van der Waals surface area contributed by atoms with Gasteiger partial charge in [-0.3, -0.25) is 0 Å². The number of hydrogen-bond acceptors (Lipinski definition) is 3. The van der Waals surface area contributed by atoms with Crippen LogP contribution >= 0.6 is 11.8 Å². The molecule has 3 nitrogen and oxygen atoms in total. The second-order valence-corrected chi connectivity index (χ2v) is 6.74. The predicted molar refractivity (Wildman–Crippen MR) is 68.6 cm³/mol. The Morgan fingerprint density at radius 1 is 1.38 bits per heavy atom. The fraction of sp³-hybridized carbons (Fsp3) is 0.917. The van der Waals surface area contributed by atoms with E-state index in [1.54, 1.807) is 0 Å². The summed E-state index contributed by atoms with van der Waals surface area (Å²) in [5, 5.41) is 0.701. The molecule has 0 aromatic rings. The molecule has 1 amide bonds. The molecule has 0 saturated heterocycles. The molecule has 0 aromatic heterocycles. The third-order valence-corrected chi connectivity index (χ3v) is 4.87. The molecule has 0 aliphatic heterocycles. The van der Waals surface area contributed by atoms with Gasteiger partial charge in [0.2, 0.25) is 0 Å². The maximum Gasteiger partial charge on any atom is 0.405 e. The van der Waals surface area contributed by atoms with E-state index in [1.165, 1.54) is 0 Å². The van der Waals surface area contributed by atoms with Gasteiger partial charge in [-0.25, -0.2) is 4.79 Å². The van der Waals surface area contributed by atoms with Crippen molar-refractivity contribution in [3.8, 4) is 0 Å². The van der Waals surface area contributed by atoms with Crippen molar-refractivity contribution in [2.45, 2.75) is 57.3 Å². The first-order chi connectivity index (χ1) is 7.31. The van der Waals surface area contributed by atoms with E-state index in [-0.39, 0.29) is 11.0 Å². The fourth-order valence-electron chi connectivity index (χ4n) is 2.49. The highest BCUT2D eigenvalue weighted by Crippen LogP contribution is 2.46. The lowest BCUT2D eigenvalue weighted by Crippen LogP contribution is -2.50. The molecule has 0 heterocycles. The smallest absolute Gasteiger partial charge is 0.405 e. The lowest BCUT2D eigenvalue weighted by atomic mass is 9.68. The molecule has 1 fully saturated rings. The van der Waals surface area contributed by atoms with Gasteiger partial charge in [0, 0.05) is 10.7 Å². The molecule has 0 unspecified atom stereocenters. The molecule has 4 heteroatoms. The summed E-state index contributed by atoms with van der Waals surface area (Å²) in [6, 6.07) is 0. The minimum Gasteiger partial charge on any atom is -0.443 e. The van der Waals surface area contributed by atoms with Crippen LogP contribution in [0.5, 0.6) is 0 Å². The lowest BCUT2D eigenvalue weighted by Gasteiger charge is -2.47. The molecule has 0 atom stereocenters. The largest absolute Gasteiger partial charge is 0.443 e. The summed E-state index contributed by atoms with van der Waals surface area (Å²) in [6.45, 7) is 6.36. The zero-order valence-electron chi connectivity index (χ0n) is 10.7. The molecule has 1 rings (SSSR count). The van der Waals surface area contributed by atoms with E-state index >= 15 is 0 Å². The molecule has 0 spiro atoms. The maximum atomic E-state index is 11.1. The number of thioether (sulfide) groups is 1. The van der Waals surface area contributed by atoms with E-state index in [1.807, 2.05) is 11.8 Å². The summed E-state index contributed by atoms with van der Waals surface area (Å²) >= 11 is 1.90. The Kier molecular flexibility index (Phi) is 4.16. The number of primary amides is 1. The molecule has 2 N–H and O–H groups in total. The minimum absolute atomic E-state index is 0.0502. The summed E-state index contributed by atoms with van der Waals surface area (Å²) in [6.07, 6.45) is 5.55. The summed E-state index contributed by atoms with van der Waals surface area (Å²) in [4.78, 5) is 11.1. The predicted octanol–water partition coefficient (Wildman–Crippen LogP) is 3.17. The van der Waals surface area contributed by atoms with Crippen LogP contribution in [-0.2, 0) is 4.74 Å². The van der Waals surface area contributed by atoms with Gasteiger partial charge >= 0.3 is 6.09 Å². The van der Waals surface area contributed by atoms with Crippen LogP contribution in [0.4, 0.5) is 4.79 Å². The van der Waals surface area contributed by atoms with Gasteiger partial charge in [-0.1, -0.05) is 20.8 Å². The van der Waals surface area contributed by atoms with Crippen molar-refractivity contribution in [3.05, 3.63) is 0 Å². The van der Waals surface area contributed by atoms with Crippen LogP contribution < -0.4 is 5.73 Å². The molecule has 0 aromatic carbocycles. The summed E-state index contributed by atoms with van der Waals surface area (Å²) in [5.74, 6) is 0. The fourth-order valence-corrected chi connectivity index (χ4v) is 3.20. The van der Waals surface area contributed by atoms with E-state index in [4.69, 9.17) is 10.5 Å². The number of carbonyl (C=O) groups excluding carboxylic acids is 1. The van der Waals surface area contributed by atoms with Crippen LogP contribution in [0.15, 0.2) is 0 Å². The minimum atomic E-state index is -0.641. The first-order valence-corrected chi connectivity index (χ1v) is 7.11.